The maximum absolute atomic E-state index is 5.43. The first-order chi connectivity index (χ1) is 4.33. The van der Waals surface area contributed by atoms with E-state index in [-0.39, 0.29) is 0 Å². The summed E-state index contributed by atoms with van der Waals surface area (Å²) < 4.78 is 1.54. The second kappa shape index (κ2) is 2.82. The van der Waals surface area contributed by atoms with E-state index in [4.69, 9.17) is 5.84 Å². The molecule has 0 aliphatic rings. The van der Waals surface area contributed by atoms with Crippen LogP contribution in [0.5, 0.6) is 0 Å². The lowest BCUT2D eigenvalue weighted by Gasteiger charge is -1.88. The van der Waals surface area contributed by atoms with Gasteiger partial charge in [0.1, 0.15) is 0 Å². The van der Waals surface area contributed by atoms with Gasteiger partial charge in [0, 0.05) is 17.0 Å². The number of nitrogen functional groups attached to an aromatic ring is 1. The van der Waals surface area contributed by atoms with E-state index in [2.05, 4.69) is 15.9 Å². The van der Waals surface area contributed by atoms with Crippen molar-refractivity contribution in [3.05, 3.63) is 30.1 Å². The molecule has 1 heterocycles. The van der Waals surface area contributed by atoms with Crippen LogP contribution in [0.3, 0.4) is 0 Å². The second-order valence-electron chi connectivity index (χ2n) is 1.79. The first-order valence-electron chi connectivity index (χ1n) is 2.64. The fourth-order valence-corrected chi connectivity index (χ4v) is 0.954. The Balaban J connectivity index is 2.94. The highest BCUT2D eigenvalue weighted by Gasteiger charge is 1.94. The van der Waals surface area contributed by atoms with Crippen molar-refractivity contribution in [1.82, 2.24) is 0 Å². The van der Waals surface area contributed by atoms with Gasteiger partial charge in [0.05, 0.1) is 0 Å². The molecule has 2 nitrogen and oxygen atoms in total. The average molecular weight is 188 g/mol. The van der Waals surface area contributed by atoms with Crippen LogP contribution in [0.2, 0.25) is 0 Å². The summed E-state index contributed by atoms with van der Waals surface area (Å²) in [5.74, 6) is 5.43. The Labute approximate surface area is 62.4 Å². The van der Waals surface area contributed by atoms with Crippen LogP contribution >= 0.6 is 15.9 Å². The lowest BCUT2D eigenvalue weighted by molar-refractivity contribution is -0.639. The highest BCUT2D eigenvalue weighted by molar-refractivity contribution is 9.08. The molecule has 0 bridgehead atoms. The van der Waals surface area contributed by atoms with Crippen molar-refractivity contribution in [1.29, 1.82) is 0 Å². The summed E-state index contributed by atoms with van der Waals surface area (Å²) in [7, 11) is 0. The van der Waals surface area contributed by atoms with E-state index in [0.29, 0.717) is 0 Å². The number of hydrogen-bond donors (Lipinski definition) is 1. The summed E-state index contributed by atoms with van der Waals surface area (Å²) in [5.41, 5.74) is 1.18. The van der Waals surface area contributed by atoms with Crippen LogP contribution in [0.4, 0.5) is 0 Å². The number of rotatable bonds is 1. The van der Waals surface area contributed by atoms with Gasteiger partial charge in [-0.3, -0.25) is 0 Å². The Bertz CT molecular complexity index is 200. The number of nitrogens with two attached hydrogens (primary N) is 1. The van der Waals surface area contributed by atoms with Crippen molar-refractivity contribution in [3.63, 3.8) is 0 Å². The highest BCUT2D eigenvalue weighted by Crippen LogP contribution is 1.99. The van der Waals surface area contributed by atoms with Crippen LogP contribution in [-0.2, 0) is 5.33 Å². The summed E-state index contributed by atoms with van der Waals surface area (Å²) in [6.45, 7) is 0. The molecule has 9 heavy (non-hydrogen) atoms. The smallest absolute Gasteiger partial charge is 0.203 e. The number of pyridine rings is 1. The Morgan fingerprint density at radius 3 is 2.89 bits per heavy atom. The van der Waals surface area contributed by atoms with Crippen LogP contribution in [0.25, 0.3) is 0 Å². The standard InChI is InChI=1S/C6H8BrN2/c7-4-6-2-1-3-9(8)5-6/h1-3,5H,4,8H2/q+1. The lowest BCUT2D eigenvalue weighted by atomic mass is 10.3. The molecule has 3 heteroatoms. The number of alkyl halides is 1. The zero-order chi connectivity index (χ0) is 6.69. The van der Waals surface area contributed by atoms with E-state index in [0.717, 1.165) is 5.33 Å². The van der Waals surface area contributed by atoms with Gasteiger partial charge < -0.3 is 0 Å². The lowest BCUT2D eigenvalue weighted by Crippen LogP contribution is -2.43. The molecule has 2 N–H and O–H groups in total. The van der Waals surface area contributed by atoms with Crippen LogP contribution < -0.4 is 10.5 Å². The highest BCUT2D eigenvalue weighted by atomic mass is 79.9. The minimum atomic E-state index is 0.852. The number of nitrogens with zero attached hydrogens (tertiary/aromatic N) is 1. The van der Waals surface area contributed by atoms with Crippen LogP contribution in [0.1, 0.15) is 5.56 Å². The van der Waals surface area contributed by atoms with Crippen molar-refractivity contribution in [2.75, 3.05) is 5.84 Å². The minimum Gasteiger partial charge on any atom is -0.205 e. The van der Waals surface area contributed by atoms with E-state index < -0.39 is 0 Å². The molecular weight excluding hydrogens is 180 g/mol. The zero-order valence-electron chi connectivity index (χ0n) is 4.92. The Morgan fingerprint density at radius 2 is 2.44 bits per heavy atom. The molecule has 0 atom stereocenters. The third-order valence-electron chi connectivity index (χ3n) is 1.04. The molecule has 0 unspecified atom stereocenters. The van der Waals surface area contributed by atoms with Gasteiger partial charge in [-0.25, -0.2) is 5.84 Å². The van der Waals surface area contributed by atoms with Crippen LogP contribution in [-0.4, -0.2) is 0 Å². The van der Waals surface area contributed by atoms with E-state index in [1.165, 1.54) is 10.2 Å². The van der Waals surface area contributed by atoms with Crippen LogP contribution in [0.15, 0.2) is 24.5 Å². The van der Waals surface area contributed by atoms with E-state index in [1.54, 1.807) is 6.20 Å². The maximum Gasteiger partial charge on any atom is 0.203 e. The molecule has 48 valence electrons. The van der Waals surface area contributed by atoms with E-state index >= 15 is 0 Å². The predicted octanol–water partition coefficient (Wildman–Crippen LogP) is 0.583. The molecule has 0 amide bonds. The molecule has 1 aromatic heterocycles. The fraction of sp³-hybridized carbons (Fsp3) is 0.167. The molecule has 0 radical (unpaired) electrons. The molecule has 1 aromatic rings. The molecular formula is C6H8BrN2+. The monoisotopic (exact) mass is 187 g/mol. The van der Waals surface area contributed by atoms with Gasteiger partial charge >= 0.3 is 0 Å². The number of aromatic nitrogens is 1. The molecule has 0 aliphatic heterocycles. The first kappa shape index (κ1) is 6.55. The third kappa shape index (κ3) is 1.68. The quantitative estimate of drug-likeness (QED) is 0.390. The third-order valence-corrected chi connectivity index (χ3v) is 1.69. The van der Waals surface area contributed by atoms with E-state index in [9.17, 15) is 0 Å². The zero-order valence-corrected chi connectivity index (χ0v) is 6.51. The van der Waals surface area contributed by atoms with Gasteiger partial charge in [-0.2, -0.15) is 0 Å². The molecule has 0 saturated carbocycles. The molecule has 0 saturated heterocycles. The topological polar surface area (TPSA) is 29.9 Å². The van der Waals surface area contributed by atoms with Crippen molar-refractivity contribution >= 4 is 15.9 Å². The largest absolute Gasteiger partial charge is 0.205 e. The SMILES string of the molecule is N[n+]1cccc(CBr)c1. The summed E-state index contributed by atoms with van der Waals surface area (Å²) in [4.78, 5) is 0. The van der Waals surface area contributed by atoms with Crippen LogP contribution in [0, 0.1) is 0 Å². The summed E-state index contributed by atoms with van der Waals surface area (Å²) >= 11 is 3.32. The van der Waals surface area contributed by atoms with Gasteiger partial charge in [0.2, 0.25) is 6.20 Å². The molecule has 0 spiro atoms. The molecule has 0 aromatic carbocycles. The van der Waals surface area contributed by atoms with Crippen molar-refractivity contribution < 1.29 is 4.68 Å². The Hall–Kier alpha value is -0.570. The molecule has 0 fully saturated rings. The normalized spacial score (nSPS) is 9.44. The summed E-state index contributed by atoms with van der Waals surface area (Å²) in [6.07, 6.45) is 3.67. The Kier molecular flexibility index (Phi) is 2.05. The van der Waals surface area contributed by atoms with Gasteiger partial charge in [-0.1, -0.05) is 20.6 Å². The predicted molar refractivity (Wildman–Crippen MR) is 39.4 cm³/mol. The number of hydrogen-bond acceptors (Lipinski definition) is 1. The number of halogens is 1. The van der Waals surface area contributed by atoms with Crippen molar-refractivity contribution in [2.45, 2.75) is 5.33 Å². The Morgan fingerprint density at radius 1 is 1.67 bits per heavy atom. The van der Waals surface area contributed by atoms with Crippen molar-refractivity contribution in [2.24, 2.45) is 0 Å². The summed E-state index contributed by atoms with van der Waals surface area (Å²) in [6, 6.07) is 3.93. The van der Waals surface area contributed by atoms with Gasteiger partial charge in [0.15, 0.2) is 6.20 Å². The van der Waals surface area contributed by atoms with Gasteiger partial charge in [0.25, 0.3) is 0 Å². The summed E-state index contributed by atoms with van der Waals surface area (Å²) in [5, 5.41) is 0.852. The molecule has 1 rings (SSSR count). The molecule has 0 aliphatic carbocycles. The van der Waals surface area contributed by atoms with Crippen molar-refractivity contribution in [3.8, 4) is 0 Å². The van der Waals surface area contributed by atoms with Gasteiger partial charge in [-0.15, -0.1) is 0 Å². The average Bonchev–Trinajstić information content (AvgIpc) is 1.88. The minimum absolute atomic E-state index is 0.852. The maximum atomic E-state index is 5.43. The van der Waals surface area contributed by atoms with E-state index in [1.807, 2.05) is 18.3 Å². The fourth-order valence-electron chi connectivity index (χ4n) is 0.623. The first-order valence-corrected chi connectivity index (χ1v) is 3.76. The second-order valence-corrected chi connectivity index (χ2v) is 2.35. The van der Waals surface area contributed by atoms with Gasteiger partial charge in [-0.05, 0) is 6.07 Å².